The monoisotopic (exact) mass is 1520 g/mol. The third-order valence-electron chi connectivity index (χ3n) is 24.8. The number of benzene rings is 24. The highest BCUT2D eigenvalue weighted by molar-refractivity contribution is 6.19. The van der Waals surface area contributed by atoms with E-state index in [1.807, 2.05) is 0 Å². The van der Waals surface area contributed by atoms with Crippen LogP contribution in [0, 0.1) is 0 Å². The van der Waals surface area contributed by atoms with Gasteiger partial charge in [-0.3, -0.25) is 0 Å². The number of hydrogen-bond donors (Lipinski definition) is 0. The highest BCUT2D eigenvalue weighted by atomic mass is 14.2. The highest BCUT2D eigenvalue weighted by Crippen LogP contribution is 2.48. The predicted molar refractivity (Wildman–Crippen MR) is 518 cm³/mol. The minimum atomic E-state index is 1.25. The highest BCUT2D eigenvalue weighted by Gasteiger charge is 2.21. The number of hydrogen-bond acceptors (Lipinski definition) is 0. The largest absolute Gasteiger partial charge is 0.0616 e. The molecular formula is C120H78. The summed E-state index contributed by atoms with van der Waals surface area (Å²) in [5, 5.41) is 30.6. The fraction of sp³-hybridized carbons (Fsp3) is 0. The molecule has 0 amide bonds. The van der Waals surface area contributed by atoms with Gasteiger partial charge in [-0.1, -0.05) is 455 Å². The molecule has 0 unspecified atom stereocenters. The summed E-state index contributed by atoms with van der Waals surface area (Å²) in [5.41, 5.74) is 22.8. The lowest BCUT2D eigenvalue weighted by molar-refractivity contribution is 1.64. The van der Waals surface area contributed by atoms with Crippen LogP contribution in [0.25, 0.3) is 229 Å². The van der Waals surface area contributed by atoms with Crippen LogP contribution in [0.4, 0.5) is 0 Å². The molecule has 120 heavy (non-hydrogen) atoms. The Balaban J connectivity index is 0.000000108. The smallest absolute Gasteiger partial charge is 0.00987 e. The van der Waals surface area contributed by atoms with Crippen molar-refractivity contribution in [1.82, 2.24) is 0 Å². The number of rotatable bonds is 9. The quantitative estimate of drug-likeness (QED) is 0.135. The van der Waals surface area contributed by atoms with Gasteiger partial charge in [0.1, 0.15) is 0 Å². The summed E-state index contributed by atoms with van der Waals surface area (Å²) in [6.07, 6.45) is 0. The first-order valence-corrected chi connectivity index (χ1v) is 41.6. The first-order chi connectivity index (χ1) is 59.5. The van der Waals surface area contributed by atoms with E-state index < -0.39 is 0 Å². The molecule has 0 aliphatic carbocycles. The second kappa shape index (κ2) is 30.5. The van der Waals surface area contributed by atoms with E-state index in [1.54, 1.807) is 0 Å². The standard InChI is InChI=1S/3C40H26/c1-3-15-29-27(11-1)13-9-21-31(29)37-23-25-39(35-19-7-5-17-33(35)37)40-26-24-38(34-18-6-8-20-36(34)40)32-22-10-14-28-12-2-4-16-30(28)32;1-3-11-29-25-31(19-17-27(29)9-1)33-21-23-39(37-15-7-5-13-35(33)37)40-24-22-34(36-14-6-8-16-38(36)40)32-20-18-28-10-2-4-12-30(28)26-32;1-2-12-29-26-30(21-20-27(29)10-1)32-22-23-39(35-16-6-5-15-33(32)35)40-25-24-38(36-17-7-8-18-37(36)40)34-19-9-13-28-11-3-4-14-31(28)34/h3*1-26H. The molecule has 24 aromatic rings. The maximum atomic E-state index is 2.32. The summed E-state index contributed by atoms with van der Waals surface area (Å²) in [7, 11) is 0. The van der Waals surface area contributed by atoms with Crippen molar-refractivity contribution < 1.29 is 0 Å². The van der Waals surface area contributed by atoms with E-state index in [9.17, 15) is 0 Å². The van der Waals surface area contributed by atoms with Gasteiger partial charge in [0.2, 0.25) is 0 Å². The second-order valence-corrected chi connectivity index (χ2v) is 31.5. The normalized spacial score (nSPS) is 11.5. The van der Waals surface area contributed by atoms with Crippen LogP contribution >= 0.6 is 0 Å². The molecule has 24 aromatic carbocycles. The zero-order valence-electron chi connectivity index (χ0n) is 66.0. The zero-order valence-corrected chi connectivity index (χ0v) is 66.0. The van der Waals surface area contributed by atoms with Gasteiger partial charge in [0.05, 0.1) is 0 Å². The Kier molecular flexibility index (Phi) is 18.1. The lowest BCUT2D eigenvalue weighted by atomic mass is 9.86. The minimum Gasteiger partial charge on any atom is -0.0616 e. The summed E-state index contributed by atoms with van der Waals surface area (Å²) in [5.74, 6) is 0. The van der Waals surface area contributed by atoms with Gasteiger partial charge in [0, 0.05) is 0 Å². The molecule has 0 saturated carbocycles. The fourth-order valence-corrected chi connectivity index (χ4v) is 19.1. The summed E-state index contributed by atoms with van der Waals surface area (Å²) >= 11 is 0. The molecule has 24 rings (SSSR count). The van der Waals surface area contributed by atoms with Crippen molar-refractivity contribution in [3.63, 3.8) is 0 Å². The molecule has 558 valence electrons. The van der Waals surface area contributed by atoms with Crippen LogP contribution in [0.15, 0.2) is 473 Å². The Hall–Kier alpha value is -15.6. The molecule has 0 atom stereocenters. The fourth-order valence-electron chi connectivity index (χ4n) is 19.1. The van der Waals surface area contributed by atoms with Gasteiger partial charge >= 0.3 is 0 Å². The summed E-state index contributed by atoms with van der Waals surface area (Å²) in [6.45, 7) is 0. The Morgan fingerprint density at radius 3 is 0.425 bits per heavy atom. The maximum absolute atomic E-state index is 2.32. The summed E-state index contributed by atoms with van der Waals surface area (Å²) < 4.78 is 0. The van der Waals surface area contributed by atoms with Crippen LogP contribution in [0.1, 0.15) is 0 Å². The summed E-state index contributed by atoms with van der Waals surface area (Å²) in [6, 6.07) is 173. The van der Waals surface area contributed by atoms with Crippen LogP contribution < -0.4 is 0 Å². The zero-order chi connectivity index (χ0) is 79.4. The molecule has 0 aliphatic rings. The molecule has 0 radical (unpaired) electrons. The summed E-state index contributed by atoms with van der Waals surface area (Å²) in [4.78, 5) is 0. The van der Waals surface area contributed by atoms with Crippen molar-refractivity contribution in [3.8, 4) is 100 Å². The molecule has 0 heterocycles. The van der Waals surface area contributed by atoms with Crippen molar-refractivity contribution in [2.45, 2.75) is 0 Å². The molecular weight excluding hydrogens is 1440 g/mol. The molecule has 0 aliphatic heterocycles. The van der Waals surface area contributed by atoms with Crippen LogP contribution in [0.3, 0.4) is 0 Å². The third kappa shape index (κ3) is 12.7. The second-order valence-electron chi connectivity index (χ2n) is 31.5. The SMILES string of the molecule is c1ccc2c(-c3ccc(-c4ccc(-c5cccc6ccccc56)c5ccccc45)c4ccccc34)cccc2c1.c1ccc2cc(-c3ccc(-c4ccc(-c5ccc6ccccc6c5)c5ccccc45)c4ccccc34)ccc2c1.c1ccc2cc(-c3ccc(-c4ccc(-c5cccc6ccccc56)c5ccccc45)c4ccccc34)ccc2c1. The van der Waals surface area contributed by atoms with Crippen molar-refractivity contribution >= 4 is 129 Å². The lowest BCUT2D eigenvalue weighted by Crippen LogP contribution is -1.90. The van der Waals surface area contributed by atoms with E-state index in [-0.39, 0.29) is 0 Å². The molecule has 0 bridgehead atoms. The van der Waals surface area contributed by atoms with E-state index in [0.29, 0.717) is 0 Å². The Bertz CT molecular complexity index is 7820. The molecule has 0 heteroatoms. The van der Waals surface area contributed by atoms with Crippen LogP contribution in [-0.2, 0) is 0 Å². The average Bonchev–Trinajstić information content (AvgIpc) is 0.756. The Morgan fingerprint density at radius 2 is 0.217 bits per heavy atom. The number of fused-ring (bicyclic) bond motifs is 12. The first-order valence-electron chi connectivity index (χ1n) is 41.6. The molecule has 0 fully saturated rings. The van der Waals surface area contributed by atoms with Gasteiger partial charge < -0.3 is 0 Å². The maximum Gasteiger partial charge on any atom is -0.00987 e. The van der Waals surface area contributed by atoms with E-state index >= 15 is 0 Å². The van der Waals surface area contributed by atoms with E-state index in [1.165, 1.54) is 229 Å². The Morgan fingerprint density at radius 1 is 0.0750 bits per heavy atom. The topological polar surface area (TPSA) is 0 Å². The van der Waals surface area contributed by atoms with E-state index in [4.69, 9.17) is 0 Å². The van der Waals surface area contributed by atoms with Gasteiger partial charge in [0.15, 0.2) is 0 Å². The molecule has 0 nitrogen and oxygen atoms in total. The van der Waals surface area contributed by atoms with Gasteiger partial charge in [-0.05, 0) is 248 Å². The van der Waals surface area contributed by atoms with Crippen LogP contribution in [0.5, 0.6) is 0 Å². The Labute approximate surface area is 697 Å². The lowest BCUT2D eigenvalue weighted by Gasteiger charge is -2.17. The van der Waals surface area contributed by atoms with Crippen molar-refractivity contribution in [1.29, 1.82) is 0 Å². The van der Waals surface area contributed by atoms with Crippen LogP contribution in [0.2, 0.25) is 0 Å². The minimum absolute atomic E-state index is 1.25. The average molecular weight is 1520 g/mol. The molecule has 0 N–H and O–H groups in total. The van der Waals surface area contributed by atoms with Gasteiger partial charge in [-0.25, -0.2) is 0 Å². The molecule has 0 aromatic heterocycles. The van der Waals surface area contributed by atoms with Gasteiger partial charge in [-0.2, -0.15) is 0 Å². The van der Waals surface area contributed by atoms with Gasteiger partial charge in [-0.15, -0.1) is 0 Å². The van der Waals surface area contributed by atoms with Crippen molar-refractivity contribution in [2.24, 2.45) is 0 Å². The van der Waals surface area contributed by atoms with Crippen molar-refractivity contribution in [2.75, 3.05) is 0 Å². The molecule has 0 spiro atoms. The van der Waals surface area contributed by atoms with Gasteiger partial charge in [0.25, 0.3) is 0 Å². The van der Waals surface area contributed by atoms with Crippen LogP contribution in [-0.4, -0.2) is 0 Å². The van der Waals surface area contributed by atoms with Crippen molar-refractivity contribution in [3.05, 3.63) is 473 Å². The molecule has 0 saturated heterocycles. The predicted octanol–water partition coefficient (Wildman–Crippen LogP) is 33.9. The third-order valence-corrected chi connectivity index (χ3v) is 24.8. The first kappa shape index (κ1) is 71.0. The van der Waals surface area contributed by atoms with E-state index in [2.05, 4.69) is 473 Å². The van der Waals surface area contributed by atoms with E-state index in [0.717, 1.165) is 0 Å².